The van der Waals surface area contributed by atoms with Gasteiger partial charge in [0.05, 0.1) is 0 Å². The molecule has 0 saturated heterocycles. The number of aryl methyl sites for hydroxylation is 1. The van der Waals surface area contributed by atoms with Crippen LogP contribution in [-0.4, -0.2) is 0 Å². The summed E-state index contributed by atoms with van der Waals surface area (Å²) in [6, 6.07) is 7.49. The van der Waals surface area contributed by atoms with Crippen LogP contribution in [0.1, 0.15) is 9.75 Å². The molecule has 1 rings (SSSR count). The Balaban J connectivity index is 2.97. The van der Waals surface area contributed by atoms with E-state index < -0.39 is 0 Å². The monoisotopic (exact) mass is 174 g/mol. The molecule has 0 spiro atoms. The van der Waals surface area contributed by atoms with Crippen molar-refractivity contribution in [1.29, 1.82) is 10.5 Å². The normalized spacial score (nSPS) is 8.25. The summed E-state index contributed by atoms with van der Waals surface area (Å²) in [5.74, 6) is 0. The summed E-state index contributed by atoms with van der Waals surface area (Å²) < 4.78 is 0. The third kappa shape index (κ3) is 1.95. The quantitative estimate of drug-likeness (QED) is 0.614. The van der Waals surface area contributed by atoms with Crippen LogP contribution in [0.3, 0.4) is 0 Å². The van der Waals surface area contributed by atoms with E-state index in [-0.39, 0.29) is 5.57 Å². The number of thiophene rings is 1. The van der Waals surface area contributed by atoms with Crippen LogP contribution in [0.15, 0.2) is 17.7 Å². The zero-order valence-electron chi connectivity index (χ0n) is 6.53. The van der Waals surface area contributed by atoms with Gasteiger partial charge >= 0.3 is 0 Å². The van der Waals surface area contributed by atoms with Gasteiger partial charge < -0.3 is 0 Å². The van der Waals surface area contributed by atoms with E-state index in [1.54, 1.807) is 17.4 Å². The summed E-state index contributed by atoms with van der Waals surface area (Å²) in [6.07, 6.45) is 1.59. The molecule has 0 N–H and O–H groups in total. The Morgan fingerprint density at radius 2 is 2.08 bits per heavy atom. The van der Waals surface area contributed by atoms with Crippen molar-refractivity contribution in [3.63, 3.8) is 0 Å². The highest BCUT2D eigenvalue weighted by molar-refractivity contribution is 7.12. The van der Waals surface area contributed by atoms with Crippen LogP contribution in [0.25, 0.3) is 6.08 Å². The highest BCUT2D eigenvalue weighted by atomic mass is 32.1. The van der Waals surface area contributed by atoms with E-state index in [1.165, 1.54) is 4.88 Å². The third-order valence-corrected chi connectivity index (χ3v) is 2.24. The lowest BCUT2D eigenvalue weighted by Gasteiger charge is -1.81. The molecule has 2 nitrogen and oxygen atoms in total. The van der Waals surface area contributed by atoms with Crippen LogP contribution in [0.4, 0.5) is 0 Å². The predicted octanol–water partition coefficient (Wildman–Crippen LogP) is 2.49. The van der Waals surface area contributed by atoms with Crippen molar-refractivity contribution < 1.29 is 0 Å². The van der Waals surface area contributed by atoms with E-state index in [0.29, 0.717) is 0 Å². The van der Waals surface area contributed by atoms with Crippen molar-refractivity contribution in [2.75, 3.05) is 0 Å². The van der Waals surface area contributed by atoms with E-state index in [9.17, 15) is 0 Å². The number of hydrogen-bond acceptors (Lipinski definition) is 3. The topological polar surface area (TPSA) is 47.6 Å². The Kier molecular flexibility index (Phi) is 2.63. The van der Waals surface area contributed by atoms with E-state index in [1.807, 2.05) is 31.2 Å². The van der Waals surface area contributed by atoms with Gasteiger partial charge in [0.1, 0.15) is 17.7 Å². The van der Waals surface area contributed by atoms with Gasteiger partial charge in [-0.05, 0) is 25.1 Å². The van der Waals surface area contributed by atoms with E-state index in [0.717, 1.165) is 4.88 Å². The molecule has 0 bridgehead atoms. The van der Waals surface area contributed by atoms with Gasteiger partial charge in [0.15, 0.2) is 0 Å². The molecule has 0 unspecified atom stereocenters. The van der Waals surface area contributed by atoms with E-state index in [2.05, 4.69) is 0 Å². The summed E-state index contributed by atoms with van der Waals surface area (Å²) in [7, 11) is 0. The molecule has 12 heavy (non-hydrogen) atoms. The number of allylic oxidation sites excluding steroid dienone is 1. The van der Waals surface area contributed by atoms with Gasteiger partial charge in [0.2, 0.25) is 0 Å². The van der Waals surface area contributed by atoms with Crippen LogP contribution in [-0.2, 0) is 0 Å². The molecule has 1 aromatic heterocycles. The molecular formula is C9H6N2S. The molecule has 3 heteroatoms. The van der Waals surface area contributed by atoms with Crippen LogP contribution in [0.5, 0.6) is 0 Å². The molecular weight excluding hydrogens is 168 g/mol. The number of nitrogens with zero attached hydrogens (tertiary/aromatic N) is 2. The molecule has 0 aliphatic carbocycles. The fraction of sp³-hybridized carbons (Fsp3) is 0.111. The Morgan fingerprint density at radius 1 is 1.42 bits per heavy atom. The van der Waals surface area contributed by atoms with Crippen molar-refractivity contribution in [2.45, 2.75) is 6.92 Å². The average molecular weight is 174 g/mol. The maximum Gasteiger partial charge on any atom is 0.131 e. The molecule has 58 valence electrons. The Labute approximate surface area is 75.0 Å². The second-order valence-corrected chi connectivity index (χ2v) is 3.55. The molecule has 0 amide bonds. The Hall–Kier alpha value is -1.58. The minimum absolute atomic E-state index is 0.150. The lowest BCUT2D eigenvalue weighted by atomic mass is 10.3. The lowest BCUT2D eigenvalue weighted by molar-refractivity contribution is 1.47. The molecule has 0 atom stereocenters. The highest BCUT2D eigenvalue weighted by Crippen LogP contribution is 2.17. The van der Waals surface area contributed by atoms with Gasteiger partial charge in [-0.25, -0.2) is 0 Å². The largest absolute Gasteiger partial charge is 0.192 e. The van der Waals surface area contributed by atoms with Gasteiger partial charge in [0.25, 0.3) is 0 Å². The van der Waals surface area contributed by atoms with Crippen molar-refractivity contribution in [2.24, 2.45) is 0 Å². The maximum atomic E-state index is 8.46. The molecule has 0 aliphatic heterocycles. The first-order valence-corrected chi connectivity index (χ1v) is 4.16. The first-order valence-electron chi connectivity index (χ1n) is 3.34. The first-order chi connectivity index (χ1) is 5.76. The maximum absolute atomic E-state index is 8.46. The summed E-state index contributed by atoms with van der Waals surface area (Å²) in [5, 5.41) is 16.9. The predicted molar refractivity (Wildman–Crippen MR) is 48.3 cm³/mol. The van der Waals surface area contributed by atoms with Crippen molar-refractivity contribution in [3.05, 3.63) is 27.5 Å². The number of rotatable bonds is 1. The second kappa shape index (κ2) is 3.71. The van der Waals surface area contributed by atoms with Crippen LogP contribution in [0, 0.1) is 29.6 Å². The van der Waals surface area contributed by atoms with Crippen molar-refractivity contribution in [3.8, 4) is 12.1 Å². The molecule has 0 fully saturated rings. The summed E-state index contributed by atoms with van der Waals surface area (Å²) in [5.41, 5.74) is 0.150. The van der Waals surface area contributed by atoms with Gasteiger partial charge in [-0.2, -0.15) is 10.5 Å². The zero-order valence-corrected chi connectivity index (χ0v) is 7.35. The van der Waals surface area contributed by atoms with Crippen molar-refractivity contribution in [1.82, 2.24) is 0 Å². The van der Waals surface area contributed by atoms with Crippen LogP contribution >= 0.6 is 11.3 Å². The number of hydrogen-bond donors (Lipinski definition) is 0. The van der Waals surface area contributed by atoms with Gasteiger partial charge in [-0.15, -0.1) is 11.3 Å². The fourth-order valence-corrected chi connectivity index (χ4v) is 1.58. The molecule has 0 aromatic carbocycles. The molecule has 0 aliphatic rings. The SMILES string of the molecule is Cc1ccc(C=C(C#N)C#N)s1. The molecule has 0 saturated carbocycles. The van der Waals surface area contributed by atoms with Crippen LogP contribution < -0.4 is 0 Å². The Bertz CT molecular complexity index is 371. The molecule has 1 aromatic rings. The first kappa shape index (κ1) is 8.52. The van der Waals surface area contributed by atoms with Crippen LogP contribution in [0.2, 0.25) is 0 Å². The second-order valence-electron chi connectivity index (χ2n) is 2.23. The third-order valence-electron chi connectivity index (χ3n) is 1.29. The lowest BCUT2D eigenvalue weighted by Crippen LogP contribution is -1.68. The van der Waals surface area contributed by atoms with Gasteiger partial charge in [0, 0.05) is 9.75 Å². The summed E-state index contributed by atoms with van der Waals surface area (Å²) in [6.45, 7) is 1.99. The molecule has 0 radical (unpaired) electrons. The molecule has 1 heterocycles. The van der Waals surface area contributed by atoms with Gasteiger partial charge in [-0.3, -0.25) is 0 Å². The average Bonchev–Trinajstić information content (AvgIpc) is 2.47. The number of nitriles is 2. The Morgan fingerprint density at radius 3 is 2.50 bits per heavy atom. The van der Waals surface area contributed by atoms with Crippen molar-refractivity contribution >= 4 is 17.4 Å². The fourth-order valence-electron chi connectivity index (χ4n) is 0.763. The minimum Gasteiger partial charge on any atom is -0.192 e. The highest BCUT2D eigenvalue weighted by Gasteiger charge is 1.95. The summed E-state index contributed by atoms with van der Waals surface area (Å²) in [4.78, 5) is 2.13. The standard InChI is InChI=1S/C9H6N2S/c1-7-2-3-9(12-7)4-8(5-10)6-11/h2-4H,1H3. The smallest absolute Gasteiger partial charge is 0.131 e. The minimum atomic E-state index is 0.150. The van der Waals surface area contributed by atoms with Gasteiger partial charge in [-0.1, -0.05) is 0 Å². The zero-order chi connectivity index (χ0) is 8.97. The summed E-state index contributed by atoms with van der Waals surface area (Å²) >= 11 is 1.57. The van der Waals surface area contributed by atoms with E-state index in [4.69, 9.17) is 10.5 Å². The van der Waals surface area contributed by atoms with E-state index >= 15 is 0 Å².